The summed E-state index contributed by atoms with van der Waals surface area (Å²) in [6, 6.07) is -0.914. The molecule has 0 aliphatic heterocycles. The third-order valence-corrected chi connectivity index (χ3v) is 0.797. The van der Waals surface area contributed by atoms with Gasteiger partial charge in [0, 0.05) is 0 Å². The van der Waals surface area contributed by atoms with Crippen molar-refractivity contribution in [2.45, 2.75) is 12.5 Å². The van der Waals surface area contributed by atoms with Crippen LogP contribution >= 0.6 is 0 Å². The molecule has 1 amide bonds. The molecule has 9 heavy (non-hydrogen) atoms. The number of hydrogen-bond donors (Lipinski definition) is 3. The summed E-state index contributed by atoms with van der Waals surface area (Å²) in [7, 11) is 0. The second-order valence-corrected chi connectivity index (χ2v) is 1.71. The molecule has 0 aromatic rings. The van der Waals surface area contributed by atoms with E-state index in [-0.39, 0.29) is 6.42 Å². The average Bonchev–Trinajstić information content (AvgIpc) is 1.63. The van der Waals surface area contributed by atoms with Crippen LogP contribution in [0.4, 0.5) is 0 Å². The van der Waals surface area contributed by atoms with E-state index in [1.165, 1.54) is 0 Å². The van der Waals surface area contributed by atoms with E-state index < -0.39 is 17.9 Å². The van der Waals surface area contributed by atoms with Gasteiger partial charge in [-0.15, -0.1) is 0 Å². The predicted molar refractivity (Wildman–Crippen MR) is 28.1 cm³/mol. The minimum atomic E-state index is -1.10. The zero-order chi connectivity index (χ0) is 7.44. The van der Waals surface area contributed by atoms with Gasteiger partial charge in [-0.3, -0.25) is 4.79 Å². The summed E-state index contributed by atoms with van der Waals surface area (Å²) < 4.78 is 0. The summed E-state index contributed by atoms with van der Waals surface area (Å²) >= 11 is 0. The molecule has 52 valence electrons. The summed E-state index contributed by atoms with van der Waals surface area (Å²) in [5.41, 5.74) is 7.87. The van der Waals surface area contributed by atoms with Crippen LogP contribution in [0, 0.1) is 0 Å². The number of aliphatic carboxylic acids is 1. The molecule has 0 saturated carbocycles. The predicted octanol–water partition coefficient (Wildman–Crippen LogP) is -2.44. The van der Waals surface area contributed by atoms with Crippen molar-refractivity contribution in [3.8, 4) is 0 Å². The maximum Gasteiger partial charge on any atom is 0.362 e. The summed E-state index contributed by atoms with van der Waals surface area (Å²) in [5.74, 6) is -1.74. The van der Waals surface area contributed by atoms with E-state index in [4.69, 9.17) is 5.11 Å². The van der Waals surface area contributed by atoms with Gasteiger partial charge < -0.3 is 16.6 Å². The maximum absolute atomic E-state index is 10.0. The lowest BCUT2D eigenvalue weighted by Gasteiger charge is -1.96. The first kappa shape index (κ1) is 7.90. The van der Waals surface area contributed by atoms with Crippen LogP contribution < -0.4 is 11.5 Å². The largest absolute Gasteiger partial charge is 0.477 e. The molecule has 0 heterocycles. The first-order valence-corrected chi connectivity index (χ1v) is 2.38. The SMILES string of the molecule is NC(=O)C[C@H]([NH3+])C(=O)O. The van der Waals surface area contributed by atoms with Crippen LogP contribution in [0.3, 0.4) is 0 Å². The summed E-state index contributed by atoms with van der Waals surface area (Å²) in [4.78, 5) is 20.0. The number of amides is 1. The van der Waals surface area contributed by atoms with Crippen LogP contribution in [0.1, 0.15) is 6.42 Å². The van der Waals surface area contributed by atoms with Crippen LogP contribution in [0.25, 0.3) is 0 Å². The number of carbonyl (C=O) groups is 2. The van der Waals surface area contributed by atoms with Crippen molar-refractivity contribution in [1.82, 2.24) is 0 Å². The molecule has 0 radical (unpaired) electrons. The Bertz CT molecular complexity index is 134. The number of hydrogen-bond acceptors (Lipinski definition) is 2. The quantitative estimate of drug-likeness (QED) is 0.398. The Morgan fingerprint density at radius 2 is 2.11 bits per heavy atom. The van der Waals surface area contributed by atoms with Crippen LogP contribution in [-0.4, -0.2) is 23.0 Å². The van der Waals surface area contributed by atoms with Crippen molar-refractivity contribution in [1.29, 1.82) is 0 Å². The van der Waals surface area contributed by atoms with Gasteiger partial charge in [-0.05, 0) is 0 Å². The first-order valence-electron chi connectivity index (χ1n) is 2.38. The van der Waals surface area contributed by atoms with Crippen molar-refractivity contribution in [2.75, 3.05) is 0 Å². The van der Waals surface area contributed by atoms with Crippen molar-refractivity contribution in [3.63, 3.8) is 0 Å². The fraction of sp³-hybridized carbons (Fsp3) is 0.500. The molecule has 1 atom stereocenters. The average molecular weight is 133 g/mol. The highest BCUT2D eigenvalue weighted by Gasteiger charge is 2.17. The van der Waals surface area contributed by atoms with Crippen molar-refractivity contribution >= 4 is 11.9 Å². The Balaban J connectivity index is 3.63. The van der Waals surface area contributed by atoms with Gasteiger partial charge in [0.15, 0.2) is 6.04 Å². The summed E-state index contributed by atoms with van der Waals surface area (Å²) in [5, 5.41) is 8.16. The van der Waals surface area contributed by atoms with Crippen LogP contribution in [-0.2, 0) is 9.59 Å². The van der Waals surface area contributed by atoms with Crippen LogP contribution in [0.5, 0.6) is 0 Å². The zero-order valence-corrected chi connectivity index (χ0v) is 4.83. The van der Waals surface area contributed by atoms with Gasteiger partial charge in [-0.25, -0.2) is 4.79 Å². The number of rotatable bonds is 3. The summed E-state index contributed by atoms with van der Waals surface area (Å²) in [6.45, 7) is 0. The molecule has 0 spiro atoms. The number of carboxylic acid groups (broad SMARTS) is 1. The van der Waals surface area contributed by atoms with Gasteiger partial charge in [0.1, 0.15) is 0 Å². The van der Waals surface area contributed by atoms with E-state index in [9.17, 15) is 9.59 Å². The Morgan fingerprint density at radius 1 is 1.67 bits per heavy atom. The number of quaternary nitrogens is 1. The van der Waals surface area contributed by atoms with Crippen LogP contribution in [0.2, 0.25) is 0 Å². The Morgan fingerprint density at radius 3 is 2.22 bits per heavy atom. The van der Waals surface area contributed by atoms with Crippen molar-refractivity contribution in [2.24, 2.45) is 5.73 Å². The smallest absolute Gasteiger partial charge is 0.362 e. The number of primary amides is 1. The lowest BCUT2D eigenvalue weighted by atomic mass is 10.2. The molecular weight excluding hydrogens is 124 g/mol. The Hall–Kier alpha value is -1.10. The maximum atomic E-state index is 10.0. The molecule has 0 bridgehead atoms. The number of carboxylic acids is 1. The topological polar surface area (TPSA) is 108 Å². The second-order valence-electron chi connectivity index (χ2n) is 1.71. The van der Waals surface area contributed by atoms with Crippen molar-refractivity contribution < 1.29 is 20.4 Å². The van der Waals surface area contributed by atoms with Gasteiger partial charge in [0.25, 0.3) is 0 Å². The third-order valence-electron chi connectivity index (χ3n) is 0.797. The fourth-order valence-electron chi connectivity index (χ4n) is 0.330. The zero-order valence-electron chi connectivity index (χ0n) is 4.83. The van der Waals surface area contributed by atoms with E-state index in [0.717, 1.165) is 0 Å². The second kappa shape index (κ2) is 3.03. The monoisotopic (exact) mass is 133 g/mol. The van der Waals surface area contributed by atoms with E-state index in [1.54, 1.807) is 0 Å². The molecule has 0 rings (SSSR count). The Kier molecular flexibility index (Phi) is 2.66. The lowest BCUT2D eigenvalue weighted by Crippen LogP contribution is -2.65. The highest BCUT2D eigenvalue weighted by atomic mass is 16.4. The molecule has 6 N–H and O–H groups in total. The van der Waals surface area contributed by atoms with Crippen LogP contribution in [0.15, 0.2) is 0 Å². The van der Waals surface area contributed by atoms with Gasteiger partial charge >= 0.3 is 5.97 Å². The van der Waals surface area contributed by atoms with Crippen molar-refractivity contribution in [3.05, 3.63) is 0 Å². The molecule has 0 aromatic carbocycles. The van der Waals surface area contributed by atoms with Gasteiger partial charge in [0.05, 0.1) is 6.42 Å². The van der Waals surface area contributed by atoms with Gasteiger partial charge in [-0.1, -0.05) is 0 Å². The molecule has 0 fully saturated rings. The molecule has 0 aliphatic carbocycles. The molecular formula is C4H9N2O3+. The fourth-order valence-corrected chi connectivity index (χ4v) is 0.330. The number of carbonyl (C=O) groups excluding carboxylic acids is 1. The minimum Gasteiger partial charge on any atom is -0.477 e. The molecule has 5 nitrogen and oxygen atoms in total. The first-order chi connectivity index (χ1) is 4.04. The van der Waals surface area contributed by atoms with Gasteiger partial charge in [-0.2, -0.15) is 0 Å². The molecule has 0 aromatic heterocycles. The molecule has 0 saturated heterocycles. The molecule has 0 aliphatic rings. The van der Waals surface area contributed by atoms with E-state index >= 15 is 0 Å². The standard InChI is InChI=1S/C4H8N2O3/c5-2(4(8)9)1-3(6)7/h2H,1,5H2,(H2,6,7)(H,8,9)/p+1/t2-/m0/s1. The third kappa shape index (κ3) is 3.48. The molecule has 5 heteroatoms. The highest BCUT2D eigenvalue weighted by Crippen LogP contribution is 1.81. The highest BCUT2D eigenvalue weighted by molar-refractivity contribution is 5.81. The van der Waals surface area contributed by atoms with Gasteiger partial charge in [0.2, 0.25) is 5.91 Å². The lowest BCUT2D eigenvalue weighted by molar-refractivity contribution is -0.406. The Labute approximate surface area is 51.6 Å². The van der Waals surface area contributed by atoms with E-state index in [0.29, 0.717) is 0 Å². The van der Waals surface area contributed by atoms with E-state index in [2.05, 4.69) is 11.5 Å². The minimum absolute atomic E-state index is 0.199. The summed E-state index contributed by atoms with van der Waals surface area (Å²) in [6.07, 6.45) is -0.199. The van der Waals surface area contributed by atoms with E-state index in [1.807, 2.05) is 0 Å². The normalized spacial score (nSPS) is 12.6. The molecule has 0 unspecified atom stereocenters. The number of nitrogens with two attached hydrogens (primary N) is 1.